The topological polar surface area (TPSA) is 86.4 Å². The number of azo groups is 1. The molecule has 0 radical (unpaired) electrons. The van der Waals surface area contributed by atoms with Crippen molar-refractivity contribution < 1.29 is 9.90 Å². The summed E-state index contributed by atoms with van der Waals surface area (Å²) >= 11 is 0. The molecule has 0 aromatic heterocycles. The summed E-state index contributed by atoms with van der Waals surface area (Å²) in [5.74, 6) is 0.0775. The summed E-state index contributed by atoms with van der Waals surface area (Å²) in [5, 5.41) is 22.8. The molecule has 1 saturated carbocycles. The lowest BCUT2D eigenvalue weighted by molar-refractivity contribution is -0.122. The standard InChI is InChI=1S/C29H32N4O2/c1-18-6-11-23(14-19(18)2)31-32-24-12-13-27(34)21(15-24)17-30-33-28(35)26-16-25(26)20-7-9-22(10-8-20)29(3,4)5/h6-15,17,25-26,34H,16H2,1-5H3,(H,33,35)/b30-17+,32-31?/t25-,26-/m1/s1. The minimum Gasteiger partial charge on any atom is -0.507 e. The van der Waals surface area contributed by atoms with E-state index >= 15 is 0 Å². The first-order valence-electron chi connectivity index (χ1n) is 11.9. The van der Waals surface area contributed by atoms with Crippen LogP contribution in [0.15, 0.2) is 76.0 Å². The number of aromatic hydroxyl groups is 1. The van der Waals surface area contributed by atoms with Crippen molar-refractivity contribution in [3.05, 3.63) is 88.5 Å². The molecule has 3 aromatic carbocycles. The lowest BCUT2D eigenvalue weighted by Gasteiger charge is -2.19. The van der Waals surface area contributed by atoms with E-state index in [4.69, 9.17) is 0 Å². The van der Waals surface area contributed by atoms with Crippen LogP contribution in [0.5, 0.6) is 5.75 Å². The van der Waals surface area contributed by atoms with Gasteiger partial charge < -0.3 is 5.11 Å². The van der Waals surface area contributed by atoms with Crippen LogP contribution in [0.2, 0.25) is 0 Å². The van der Waals surface area contributed by atoms with Gasteiger partial charge in [0, 0.05) is 11.5 Å². The maximum Gasteiger partial charge on any atom is 0.243 e. The van der Waals surface area contributed by atoms with Crippen LogP contribution in [0.4, 0.5) is 11.4 Å². The fraction of sp³-hybridized carbons (Fsp3) is 0.310. The van der Waals surface area contributed by atoms with E-state index in [2.05, 4.69) is 65.8 Å². The summed E-state index contributed by atoms with van der Waals surface area (Å²) in [6, 6.07) is 19.3. The van der Waals surface area contributed by atoms with Gasteiger partial charge in [-0.05, 0) is 84.2 Å². The number of phenols is 1. The van der Waals surface area contributed by atoms with Crippen molar-refractivity contribution in [2.75, 3.05) is 0 Å². The molecule has 1 amide bonds. The highest BCUT2D eigenvalue weighted by molar-refractivity contribution is 5.87. The molecule has 6 heteroatoms. The molecule has 1 fully saturated rings. The maximum atomic E-state index is 12.5. The highest BCUT2D eigenvalue weighted by Crippen LogP contribution is 2.47. The summed E-state index contributed by atoms with van der Waals surface area (Å²) in [7, 11) is 0. The van der Waals surface area contributed by atoms with Crippen molar-refractivity contribution in [1.82, 2.24) is 5.43 Å². The Hall–Kier alpha value is -3.80. The molecule has 2 N–H and O–H groups in total. The number of carbonyl (C=O) groups excluding carboxylic acids is 1. The summed E-state index contributed by atoms with van der Waals surface area (Å²) in [6.07, 6.45) is 2.24. The molecule has 0 aliphatic heterocycles. The number of benzene rings is 3. The molecule has 6 nitrogen and oxygen atoms in total. The summed E-state index contributed by atoms with van der Waals surface area (Å²) in [4.78, 5) is 12.5. The normalized spacial score (nSPS) is 17.7. The van der Waals surface area contributed by atoms with Crippen LogP contribution >= 0.6 is 0 Å². The number of phenolic OH excluding ortho intramolecular Hbond substituents is 1. The number of nitrogens with one attached hydrogen (secondary N) is 1. The number of aryl methyl sites for hydroxylation is 2. The fourth-order valence-electron chi connectivity index (χ4n) is 3.94. The van der Waals surface area contributed by atoms with E-state index in [1.807, 2.05) is 32.0 Å². The van der Waals surface area contributed by atoms with Gasteiger partial charge in [-0.25, -0.2) is 5.43 Å². The number of hydrogen-bond acceptors (Lipinski definition) is 5. The zero-order valence-corrected chi connectivity index (χ0v) is 20.9. The number of nitrogens with zero attached hydrogens (tertiary/aromatic N) is 3. The van der Waals surface area contributed by atoms with Crippen molar-refractivity contribution in [2.24, 2.45) is 21.2 Å². The minimum atomic E-state index is -0.115. The molecule has 0 bridgehead atoms. The molecule has 2 atom stereocenters. The van der Waals surface area contributed by atoms with Crippen molar-refractivity contribution in [3.63, 3.8) is 0 Å². The van der Waals surface area contributed by atoms with Gasteiger partial charge in [0.25, 0.3) is 0 Å². The Balaban J connectivity index is 1.35. The van der Waals surface area contributed by atoms with Crippen LogP contribution in [-0.2, 0) is 10.2 Å². The third kappa shape index (κ3) is 6.01. The third-order valence-electron chi connectivity index (χ3n) is 6.49. The van der Waals surface area contributed by atoms with E-state index < -0.39 is 0 Å². The second-order valence-corrected chi connectivity index (χ2v) is 10.3. The van der Waals surface area contributed by atoms with Gasteiger partial charge >= 0.3 is 0 Å². The Bertz CT molecular complexity index is 1290. The van der Waals surface area contributed by atoms with Crippen LogP contribution in [0.1, 0.15) is 60.9 Å². The number of hydrazone groups is 1. The molecular weight excluding hydrogens is 436 g/mol. The average molecular weight is 469 g/mol. The summed E-state index contributed by atoms with van der Waals surface area (Å²) < 4.78 is 0. The molecule has 4 rings (SSSR count). The Morgan fingerprint density at radius 3 is 2.26 bits per heavy atom. The van der Waals surface area contributed by atoms with E-state index in [0.29, 0.717) is 11.3 Å². The van der Waals surface area contributed by atoms with Crippen LogP contribution in [0, 0.1) is 19.8 Å². The maximum absolute atomic E-state index is 12.5. The van der Waals surface area contributed by atoms with Gasteiger partial charge in [0.05, 0.1) is 17.6 Å². The van der Waals surface area contributed by atoms with Gasteiger partial charge in [0.2, 0.25) is 5.91 Å². The van der Waals surface area contributed by atoms with Gasteiger partial charge in [0.1, 0.15) is 5.75 Å². The van der Waals surface area contributed by atoms with Crippen LogP contribution in [-0.4, -0.2) is 17.2 Å². The molecule has 1 aliphatic carbocycles. The molecule has 3 aromatic rings. The molecule has 0 spiro atoms. The molecule has 0 heterocycles. The van der Waals surface area contributed by atoms with Crippen molar-refractivity contribution in [2.45, 2.75) is 52.4 Å². The first-order valence-corrected chi connectivity index (χ1v) is 11.9. The molecule has 0 unspecified atom stereocenters. The average Bonchev–Trinajstić information content (AvgIpc) is 3.62. The van der Waals surface area contributed by atoms with Gasteiger partial charge in [-0.3, -0.25) is 4.79 Å². The van der Waals surface area contributed by atoms with Gasteiger partial charge in [0.15, 0.2) is 0 Å². The Kier molecular flexibility index (Phi) is 6.83. The van der Waals surface area contributed by atoms with E-state index in [9.17, 15) is 9.90 Å². The van der Waals surface area contributed by atoms with E-state index in [-0.39, 0.29) is 28.9 Å². The third-order valence-corrected chi connectivity index (χ3v) is 6.49. The van der Waals surface area contributed by atoms with Gasteiger partial charge in [-0.2, -0.15) is 15.3 Å². The molecular formula is C29H32N4O2. The Morgan fingerprint density at radius 1 is 0.943 bits per heavy atom. The highest BCUT2D eigenvalue weighted by Gasteiger charge is 2.44. The first-order chi connectivity index (χ1) is 16.6. The lowest BCUT2D eigenvalue weighted by atomic mass is 9.86. The number of rotatable bonds is 6. The second kappa shape index (κ2) is 9.82. The number of amides is 1. The monoisotopic (exact) mass is 468 g/mol. The quantitative estimate of drug-likeness (QED) is 0.232. The molecule has 180 valence electrons. The smallest absolute Gasteiger partial charge is 0.243 e. The van der Waals surface area contributed by atoms with E-state index in [0.717, 1.165) is 17.7 Å². The Labute approximate surface area is 206 Å². The van der Waals surface area contributed by atoms with Crippen LogP contribution in [0.25, 0.3) is 0 Å². The van der Waals surface area contributed by atoms with Crippen molar-refractivity contribution in [1.29, 1.82) is 0 Å². The summed E-state index contributed by atoms with van der Waals surface area (Å²) in [6.45, 7) is 10.6. The summed E-state index contributed by atoms with van der Waals surface area (Å²) in [5.41, 5.74) is 9.32. The number of hydrogen-bond donors (Lipinski definition) is 2. The molecule has 35 heavy (non-hydrogen) atoms. The largest absolute Gasteiger partial charge is 0.507 e. The zero-order valence-electron chi connectivity index (χ0n) is 20.9. The van der Waals surface area contributed by atoms with Crippen molar-refractivity contribution in [3.8, 4) is 5.75 Å². The first kappa shape index (κ1) is 24.3. The van der Waals surface area contributed by atoms with Crippen LogP contribution in [0.3, 0.4) is 0 Å². The molecule has 0 saturated heterocycles. The zero-order chi connectivity index (χ0) is 25.2. The van der Waals surface area contributed by atoms with Gasteiger partial charge in [-0.15, -0.1) is 0 Å². The molecule has 1 aliphatic rings. The second-order valence-electron chi connectivity index (χ2n) is 10.3. The van der Waals surface area contributed by atoms with E-state index in [1.54, 1.807) is 12.1 Å². The number of carbonyl (C=O) groups is 1. The predicted molar refractivity (Wildman–Crippen MR) is 140 cm³/mol. The fourth-order valence-corrected chi connectivity index (χ4v) is 3.94. The van der Waals surface area contributed by atoms with Crippen molar-refractivity contribution >= 4 is 23.5 Å². The van der Waals surface area contributed by atoms with E-state index in [1.165, 1.54) is 29.0 Å². The van der Waals surface area contributed by atoms with Gasteiger partial charge in [-0.1, -0.05) is 51.1 Å². The van der Waals surface area contributed by atoms with Crippen LogP contribution < -0.4 is 5.43 Å². The minimum absolute atomic E-state index is 0.0522. The SMILES string of the molecule is Cc1ccc(N=Nc2ccc(O)c(/C=N/NC(=O)[C@@H]3C[C@@H]3c3ccc(C(C)(C)C)cc3)c2)cc1C. The lowest BCUT2D eigenvalue weighted by Crippen LogP contribution is -2.20. The Morgan fingerprint density at radius 2 is 1.60 bits per heavy atom. The predicted octanol–water partition coefficient (Wildman–Crippen LogP) is 6.98. The highest BCUT2D eigenvalue weighted by atomic mass is 16.3.